The smallest absolute Gasteiger partial charge is 0.323 e. The average molecular weight is 388 g/mol. The topological polar surface area (TPSA) is 62.5 Å². The van der Waals surface area contributed by atoms with Gasteiger partial charge in [0.25, 0.3) is 0 Å². The molecular formula is C24H24N2O3. The number of anilines is 1. The fourth-order valence-electron chi connectivity index (χ4n) is 5.16. The lowest BCUT2D eigenvalue weighted by Crippen LogP contribution is -2.45. The largest absolute Gasteiger partial charge is 0.480 e. The lowest BCUT2D eigenvalue weighted by Gasteiger charge is -2.36. The van der Waals surface area contributed by atoms with Gasteiger partial charge < -0.3 is 14.6 Å². The highest BCUT2D eigenvalue weighted by Gasteiger charge is 2.43. The third kappa shape index (κ3) is 2.76. The summed E-state index contributed by atoms with van der Waals surface area (Å²) in [7, 11) is 0. The first-order valence-electron chi connectivity index (χ1n) is 10.2. The van der Waals surface area contributed by atoms with E-state index in [0.717, 1.165) is 53.7 Å². The van der Waals surface area contributed by atoms with Gasteiger partial charge in [0.05, 0.1) is 5.41 Å². The highest BCUT2D eigenvalue weighted by molar-refractivity contribution is 6.00. The monoisotopic (exact) mass is 388 g/mol. The zero-order chi connectivity index (χ0) is 20.2. The zero-order valence-corrected chi connectivity index (χ0v) is 16.5. The van der Waals surface area contributed by atoms with E-state index in [1.165, 1.54) is 5.56 Å². The minimum Gasteiger partial charge on any atom is -0.480 e. The molecule has 0 saturated carbocycles. The van der Waals surface area contributed by atoms with E-state index in [-0.39, 0.29) is 12.5 Å². The Morgan fingerprint density at radius 2 is 1.83 bits per heavy atom. The Balaban J connectivity index is 1.54. The number of hydrogen-bond acceptors (Lipinski definition) is 2. The molecule has 2 heterocycles. The predicted molar refractivity (Wildman–Crippen MR) is 112 cm³/mol. The number of carbonyl (C=O) groups excluding carboxylic acids is 1. The van der Waals surface area contributed by atoms with Gasteiger partial charge >= 0.3 is 5.97 Å². The van der Waals surface area contributed by atoms with E-state index in [0.29, 0.717) is 6.42 Å². The number of benzene rings is 2. The van der Waals surface area contributed by atoms with Gasteiger partial charge in [-0.3, -0.25) is 9.59 Å². The van der Waals surface area contributed by atoms with Crippen LogP contribution in [0.25, 0.3) is 10.9 Å². The zero-order valence-electron chi connectivity index (χ0n) is 16.5. The summed E-state index contributed by atoms with van der Waals surface area (Å²) >= 11 is 0. The normalized spacial score (nSPS) is 20.5. The van der Waals surface area contributed by atoms with Gasteiger partial charge in [-0.05, 0) is 48.9 Å². The Labute approximate surface area is 169 Å². The second kappa shape index (κ2) is 6.48. The minimum atomic E-state index is -0.841. The molecule has 0 bridgehead atoms. The van der Waals surface area contributed by atoms with E-state index < -0.39 is 11.4 Å². The highest BCUT2D eigenvalue weighted by atomic mass is 16.4. The maximum absolute atomic E-state index is 13.6. The number of nitrogens with zero attached hydrogens (tertiary/aromatic N) is 2. The summed E-state index contributed by atoms with van der Waals surface area (Å²) in [5.41, 5.74) is 4.94. The number of aliphatic carboxylic acids is 1. The lowest BCUT2D eigenvalue weighted by atomic mass is 9.73. The summed E-state index contributed by atoms with van der Waals surface area (Å²) in [6, 6.07) is 16.1. The molecule has 3 aromatic rings. The fourth-order valence-corrected chi connectivity index (χ4v) is 5.16. The van der Waals surface area contributed by atoms with Crippen LogP contribution >= 0.6 is 0 Å². The van der Waals surface area contributed by atoms with Crippen molar-refractivity contribution in [2.75, 3.05) is 11.4 Å². The molecule has 29 heavy (non-hydrogen) atoms. The Bertz CT molecular complexity index is 1150. The van der Waals surface area contributed by atoms with E-state index in [1.807, 2.05) is 51.9 Å². The van der Waals surface area contributed by atoms with Crippen LogP contribution in [0.4, 0.5) is 5.69 Å². The van der Waals surface area contributed by atoms with Gasteiger partial charge in [-0.2, -0.15) is 0 Å². The molecule has 0 saturated heterocycles. The summed E-state index contributed by atoms with van der Waals surface area (Å²) < 4.78 is 1.92. The average Bonchev–Trinajstić information content (AvgIpc) is 3.27. The van der Waals surface area contributed by atoms with Crippen LogP contribution < -0.4 is 4.90 Å². The van der Waals surface area contributed by atoms with Gasteiger partial charge in [0, 0.05) is 28.8 Å². The van der Waals surface area contributed by atoms with Crippen LogP contribution in [0.2, 0.25) is 0 Å². The third-order valence-electron chi connectivity index (χ3n) is 6.62. The van der Waals surface area contributed by atoms with Crippen molar-refractivity contribution in [2.45, 2.75) is 39.2 Å². The molecule has 5 rings (SSSR count). The van der Waals surface area contributed by atoms with Crippen molar-refractivity contribution in [3.63, 3.8) is 0 Å². The van der Waals surface area contributed by atoms with Gasteiger partial charge in [0.15, 0.2) is 0 Å². The van der Waals surface area contributed by atoms with Gasteiger partial charge in [-0.1, -0.05) is 43.3 Å². The van der Waals surface area contributed by atoms with Crippen LogP contribution in [0.15, 0.2) is 48.5 Å². The number of hydrogen-bond donors (Lipinski definition) is 1. The molecule has 0 radical (unpaired) electrons. The molecule has 2 aliphatic rings. The molecule has 1 N–H and O–H groups in total. The second-order valence-corrected chi connectivity index (χ2v) is 8.50. The molecule has 148 valence electrons. The van der Waals surface area contributed by atoms with Gasteiger partial charge in [0.1, 0.15) is 6.54 Å². The van der Waals surface area contributed by atoms with Crippen molar-refractivity contribution in [2.24, 2.45) is 5.41 Å². The number of amides is 1. The fraction of sp³-hybridized carbons (Fsp3) is 0.333. The molecular weight excluding hydrogens is 364 g/mol. The Kier molecular flexibility index (Phi) is 4.02. The maximum Gasteiger partial charge on any atom is 0.323 e. The third-order valence-corrected chi connectivity index (χ3v) is 6.62. The van der Waals surface area contributed by atoms with Crippen LogP contribution in [0.3, 0.4) is 0 Å². The van der Waals surface area contributed by atoms with Crippen molar-refractivity contribution in [1.29, 1.82) is 0 Å². The van der Waals surface area contributed by atoms with Crippen molar-refractivity contribution in [1.82, 2.24) is 4.57 Å². The first-order valence-corrected chi connectivity index (χ1v) is 10.2. The molecule has 1 amide bonds. The molecule has 0 spiro atoms. The van der Waals surface area contributed by atoms with Crippen molar-refractivity contribution < 1.29 is 14.7 Å². The number of fused-ring (bicyclic) bond motifs is 4. The second-order valence-electron chi connectivity index (χ2n) is 8.50. The summed E-state index contributed by atoms with van der Waals surface area (Å²) in [6.07, 6.45) is 3.00. The Morgan fingerprint density at radius 1 is 1.07 bits per heavy atom. The quantitative estimate of drug-likeness (QED) is 0.742. The van der Waals surface area contributed by atoms with E-state index in [1.54, 1.807) is 0 Å². The molecule has 1 aliphatic carbocycles. The molecule has 5 nitrogen and oxygen atoms in total. The predicted octanol–water partition coefficient (Wildman–Crippen LogP) is 3.81. The van der Waals surface area contributed by atoms with Crippen molar-refractivity contribution in [3.8, 4) is 0 Å². The summed E-state index contributed by atoms with van der Waals surface area (Å²) in [5, 5.41) is 10.5. The summed E-state index contributed by atoms with van der Waals surface area (Å²) in [4.78, 5) is 27.0. The molecule has 1 unspecified atom stereocenters. The van der Waals surface area contributed by atoms with Crippen LogP contribution in [0.5, 0.6) is 0 Å². The van der Waals surface area contributed by atoms with E-state index in [4.69, 9.17) is 0 Å². The highest BCUT2D eigenvalue weighted by Crippen LogP contribution is 2.43. The summed E-state index contributed by atoms with van der Waals surface area (Å²) in [6.45, 7) is 2.77. The molecule has 5 heteroatoms. The lowest BCUT2D eigenvalue weighted by molar-refractivity contribution is -0.137. The van der Waals surface area contributed by atoms with Crippen LogP contribution in [-0.4, -0.2) is 28.1 Å². The number of carbonyl (C=O) groups is 2. The van der Waals surface area contributed by atoms with Gasteiger partial charge in [-0.15, -0.1) is 0 Å². The maximum atomic E-state index is 13.6. The number of aromatic nitrogens is 1. The van der Waals surface area contributed by atoms with E-state index in [9.17, 15) is 14.7 Å². The molecule has 1 aliphatic heterocycles. The Hall–Kier alpha value is -3.08. The van der Waals surface area contributed by atoms with E-state index >= 15 is 0 Å². The Morgan fingerprint density at radius 3 is 2.66 bits per heavy atom. The minimum absolute atomic E-state index is 0.0417. The van der Waals surface area contributed by atoms with E-state index in [2.05, 4.69) is 13.0 Å². The van der Waals surface area contributed by atoms with Crippen molar-refractivity contribution >= 4 is 28.5 Å². The molecule has 2 aromatic carbocycles. The van der Waals surface area contributed by atoms with Gasteiger partial charge in [0.2, 0.25) is 5.91 Å². The molecule has 0 fully saturated rings. The SMILES string of the molecule is CC1(C(=O)N2CCc3ccccc32)CCc2c(c3ccccc3n2CC(=O)O)C1. The molecule has 1 aromatic heterocycles. The number of para-hydroxylation sites is 2. The first kappa shape index (κ1) is 18.0. The first-order chi connectivity index (χ1) is 14.0. The number of carboxylic acids is 1. The van der Waals surface area contributed by atoms with Crippen molar-refractivity contribution in [3.05, 3.63) is 65.4 Å². The number of carboxylic acid groups (broad SMARTS) is 1. The molecule has 1 atom stereocenters. The van der Waals surface area contributed by atoms with Crippen LogP contribution in [-0.2, 0) is 35.4 Å². The van der Waals surface area contributed by atoms with Crippen LogP contribution in [0, 0.1) is 5.41 Å². The number of rotatable bonds is 3. The van der Waals surface area contributed by atoms with Crippen LogP contribution in [0.1, 0.15) is 30.2 Å². The summed E-state index contributed by atoms with van der Waals surface area (Å²) in [5.74, 6) is -0.658. The van der Waals surface area contributed by atoms with Gasteiger partial charge in [-0.25, -0.2) is 0 Å². The standard InChI is InChI=1S/C24H24N2O3/c1-24(23(29)25-13-11-16-6-2-4-8-19(16)25)12-10-21-18(14-24)17-7-3-5-9-20(17)26(21)15-22(27)28/h2-9H,10-15H2,1H3,(H,27,28).